The van der Waals surface area contributed by atoms with Crippen LogP contribution in [-0.2, 0) is 12.8 Å². The van der Waals surface area contributed by atoms with Crippen LogP contribution in [0, 0.1) is 13.8 Å². The van der Waals surface area contributed by atoms with E-state index in [2.05, 4.69) is 35.3 Å². The summed E-state index contributed by atoms with van der Waals surface area (Å²) in [5.74, 6) is 1.81. The molecule has 1 atom stereocenters. The molecule has 4 aromatic rings. The van der Waals surface area contributed by atoms with Gasteiger partial charge in [-0.25, -0.2) is 0 Å². The van der Waals surface area contributed by atoms with Crippen LogP contribution in [0.15, 0.2) is 45.3 Å². The van der Waals surface area contributed by atoms with Crippen molar-refractivity contribution in [2.45, 2.75) is 39.7 Å². The van der Waals surface area contributed by atoms with Crippen molar-refractivity contribution >= 4 is 16.8 Å². The number of benzene rings is 1. The SMILES string of the molecule is Cc1noc(C)c1Cc1ccc(C(=O)N2CCc3c([nH]c4ccccc34)C2C)o1. The normalized spacial score (nSPS) is 16.4. The number of H-pyrrole nitrogens is 1. The van der Waals surface area contributed by atoms with E-state index in [4.69, 9.17) is 8.94 Å². The summed E-state index contributed by atoms with van der Waals surface area (Å²) in [5.41, 5.74) is 5.41. The van der Waals surface area contributed by atoms with E-state index in [-0.39, 0.29) is 11.9 Å². The van der Waals surface area contributed by atoms with Gasteiger partial charge in [0.05, 0.1) is 11.7 Å². The van der Waals surface area contributed by atoms with Gasteiger partial charge in [0.25, 0.3) is 5.91 Å². The predicted molar refractivity (Wildman–Crippen MR) is 109 cm³/mol. The Kier molecular flexibility index (Phi) is 4.08. The topological polar surface area (TPSA) is 75.3 Å². The van der Waals surface area contributed by atoms with Crippen molar-refractivity contribution in [3.63, 3.8) is 0 Å². The molecule has 1 aliphatic heterocycles. The summed E-state index contributed by atoms with van der Waals surface area (Å²) in [7, 11) is 0. The van der Waals surface area contributed by atoms with Crippen molar-refractivity contribution in [1.29, 1.82) is 0 Å². The molecular formula is C23H23N3O3. The number of amides is 1. The average molecular weight is 389 g/mol. The monoisotopic (exact) mass is 389 g/mol. The molecule has 0 bridgehead atoms. The Bertz CT molecular complexity index is 1190. The highest BCUT2D eigenvalue weighted by Gasteiger charge is 2.32. The fraction of sp³-hybridized carbons (Fsp3) is 0.304. The number of carbonyl (C=O) groups excluding carboxylic acids is 1. The molecule has 0 radical (unpaired) electrons. The van der Waals surface area contributed by atoms with Crippen molar-refractivity contribution in [3.05, 3.63) is 76.2 Å². The lowest BCUT2D eigenvalue weighted by Gasteiger charge is -2.33. The lowest BCUT2D eigenvalue weighted by Crippen LogP contribution is -2.38. The van der Waals surface area contributed by atoms with Gasteiger partial charge < -0.3 is 18.8 Å². The Hall–Kier alpha value is -3.28. The minimum atomic E-state index is -0.0770. The van der Waals surface area contributed by atoms with Crippen LogP contribution in [0.3, 0.4) is 0 Å². The third-order valence-electron chi connectivity index (χ3n) is 6.00. The molecule has 0 spiro atoms. The van der Waals surface area contributed by atoms with Gasteiger partial charge in [-0.1, -0.05) is 23.4 Å². The van der Waals surface area contributed by atoms with Gasteiger partial charge in [0.15, 0.2) is 5.76 Å². The molecule has 1 aromatic carbocycles. The standard InChI is InChI=1S/C23H23N3O3/c1-13-19(15(3)29-25-13)12-16-8-9-21(28-16)23(27)26-11-10-18-17-6-4-5-7-20(17)24-22(18)14(26)2/h4-9,14,24H,10-12H2,1-3H3. The van der Waals surface area contributed by atoms with E-state index in [0.717, 1.165) is 40.4 Å². The van der Waals surface area contributed by atoms with Crippen molar-refractivity contribution in [3.8, 4) is 0 Å². The third-order valence-corrected chi connectivity index (χ3v) is 6.00. The largest absolute Gasteiger partial charge is 0.456 e. The number of carbonyl (C=O) groups is 1. The van der Waals surface area contributed by atoms with Gasteiger partial charge in [0.2, 0.25) is 0 Å². The van der Waals surface area contributed by atoms with Gasteiger partial charge in [-0.3, -0.25) is 4.79 Å². The number of para-hydroxylation sites is 1. The molecule has 29 heavy (non-hydrogen) atoms. The minimum absolute atomic E-state index is 0.0326. The molecule has 6 nitrogen and oxygen atoms in total. The summed E-state index contributed by atoms with van der Waals surface area (Å²) >= 11 is 0. The maximum Gasteiger partial charge on any atom is 0.290 e. The Morgan fingerprint density at radius 2 is 2.07 bits per heavy atom. The molecule has 6 heteroatoms. The Balaban J connectivity index is 1.39. The molecule has 0 aliphatic carbocycles. The van der Waals surface area contributed by atoms with Gasteiger partial charge in [-0.15, -0.1) is 0 Å². The Morgan fingerprint density at radius 3 is 2.86 bits per heavy atom. The maximum atomic E-state index is 13.2. The van der Waals surface area contributed by atoms with Crippen LogP contribution in [0.25, 0.3) is 10.9 Å². The van der Waals surface area contributed by atoms with Crippen LogP contribution in [0.2, 0.25) is 0 Å². The molecule has 5 rings (SSSR count). The summed E-state index contributed by atoms with van der Waals surface area (Å²) in [5, 5.41) is 5.23. The first-order valence-electron chi connectivity index (χ1n) is 9.94. The van der Waals surface area contributed by atoms with Gasteiger partial charge in [0, 0.05) is 35.1 Å². The van der Waals surface area contributed by atoms with Crippen molar-refractivity contribution < 1.29 is 13.7 Å². The van der Waals surface area contributed by atoms with E-state index in [1.165, 1.54) is 10.9 Å². The van der Waals surface area contributed by atoms with E-state index < -0.39 is 0 Å². The zero-order chi connectivity index (χ0) is 20.1. The number of furan rings is 1. The van der Waals surface area contributed by atoms with E-state index in [1.807, 2.05) is 30.9 Å². The van der Waals surface area contributed by atoms with Crippen molar-refractivity contribution in [2.24, 2.45) is 0 Å². The molecule has 0 saturated carbocycles. The molecule has 1 aliphatic rings. The second-order valence-electron chi connectivity index (χ2n) is 7.73. The van der Waals surface area contributed by atoms with Crippen molar-refractivity contribution in [2.75, 3.05) is 6.54 Å². The summed E-state index contributed by atoms with van der Waals surface area (Å²) in [4.78, 5) is 18.6. The second-order valence-corrected chi connectivity index (χ2v) is 7.73. The van der Waals surface area contributed by atoms with Gasteiger partial charge in [-0.2, -0.15) is 0 Å². The van der Waals surface area contributed by atoms with Gasteiger partial charge >= 0.3 is 0 Å². The first-order chi connectivity index (χ1) is 14.0. The number of fused-ring (bicyclic) bond motifs is 3. The van der Waals surface area contributed by atoms with E-state index in [0.29, 0.717) is 18.7 Å². The summed E-state index contributed by atoms with van der Waals surface area (Å²) in [6.45, 7) is 6.54. The summed E-state index contributed by atoms with van der Waals surface area (Å²) in [6, 6.07) is 11.9. The fourth-order valence-corrected chi connectivity index (χ4v) is 4.36. The molecule has 1 N–H and O–H groups in total. The lowest BCUT2D eigenvalue weighted by molar-refractivity contribution is 0.0640. The quantitative estimate of drug-likeness (QED) is 0.550. The number of nitrogens with one attached hydrogen (secondary N) is 1. The van der Waals surface area contributed by atoms with Crippen LogP contribution in [-0.4, -0.2) is 27.5 Å². The smallest absolute Gasteiger partial charge is 0.290 e. The first kappa shape index (κ1) is 17.8. The predicted octanol–water partition coefficient (Wildman–Crippen LogP) is 4.72. The molecule has 4 heterocycles. The molecule has 148 valence electrons. The number of aromatic nitrogens is 2. The number of aryl methyl sites for hydroxylation is 2. The number of hydrogen-bond donors (Lipinski definition) is 1. The maximum absolute atomic E-state index is 13.2. The number of nitrogens with zero attached hydrogens (tertiary/aromatic N) is 2. The van der Waals surface area contributed by atoms with Gasteiger partial charge in [0.1, 0.15) is 11.5 Å². The highest BCUT2D eigenvalue weighted by atomic mass is 16.5. The van der Waals surface area contributed by atoms with Crippen molar-refractivity contribution in [1.82, 2.24) is 15.0 Å². The fourth-order valence-electron chi connectivity index (χ4n) is 4.36. The van der Waals surface area contributed by atoms with Crippen LogP contribution < -0.4 is 0 Å². The number of rotatable bonds is 3. The Morgan fingerprint density at radius 1 is 1.24 bits per heavy atom. The highest BCUT2D eigenvalue weighted by Crippen LogP contribution is 2.35. The third kappa shape index (κ3) is 2.87. The Labute approximate surface area is 168 Å². The molecule has 3 aromatic heterocycles. The molecule has 0 saturated heterocycles. The van der Waals surface area contributed by atoms with E-state index in [9.17, 15) is 4.79 Å². The zero-order valence-electron chi connectivity index (χ0n) is 16.8. The van der Waals surface area contributed by atoms with Crippen LogP contribution >= 0.6 is 0 Å². The second kappa shape index (κ2) is 6.65. The number of aromatic amines is 1. The molecular weight excluding hydrogens is 366 g/mol. The number of hydrogen-bond acceptors (Lipinski definition) is 4. The lowest BCUT2D eigenvalue weighted by atomic mass is 9.98. The molecule has 1 amide bonds. The molecule has 0 fully saturated rings. The van der Waals surface area contributed by atoms with Gasteiger partial charge in [-0.05, 0) is 51.0 Å². The minimum Gasteiger partial charge on any atom is -0.456 e. The van der Waals surface area contributed by atoms with Crippen LogP contribution in [0.1, 0.15) is 57.6 Å². The van der Waals surface area contributed by atoms with E-state index in [1.54, 1.807) is 6.07 Å². The summed E-state index contributed by atoms with van der Waals surface area (Å²) < 4.78 is 11.1. The van der Waals surface area contributed by atoms with Crippen LogP contribution in [0.4, 0.5) is 0 Å². The first-order valence-corrected chi connectivity index (χ1v) is 9.94. The summed E-state index contributed by atoms with van der Waals surface area (Å²) in [6.07, 6.45) is 1.40. The zero-order valence-corrected chi connectivity index (χ0v) is 16.8. The molecule has 1 unspecified atom stereocenters. The highest BCUT2D eigenvalue weighted by molar-refractivity contribution is 5.93. The van der Waals surface area contributed by atoms with Crippen LogP contribution in [0.5, 0.6) is 0 Å². The average Bonchev–Trinajstić information content (AvgIpc) is 3.42. The van der Waals surface area contributed by atoms with E-state index >= 15 is 0 Å².